The van der Waals surface area contributed by atoms with Crippen molar-refractivity contribution in [3.8, 4) is 0 Å². The fourth-order valence-electron chi connectivity index (χ4n) is 3.89. The van der Waals surface area contributed by atoms with E-state index in [1.54, 1.807) is 0 Å². The number of carbonyl (C=O) groups is 2. The van der Waals surface area contributed by atoms with Crippen molar-refractivity contribution in [3.63, 3.8) is 0 Å². The Balaban J connectivity index is 1.73. The summed E-state index contributed by atoms with van der Waals surface area (Å²) in [7, 11) is 0. The van der Waals surface area contributed by atoms with Gasteiger partial charge in [0.25, 0.3) is 17.3 Å². The number of amides is 3. The first kappa shape index (κ1) is 22.2. The molecule has 2 N–H and O–H groups in total. The number of hydrogen-bond acceptors (Lipinski definition) is 7. The molecular weight excluding hydrogens is 427 g/mol. The van der Waals surface area contributed by atoms with Gasteiger partial charge in [0, 0.05) is 25.2 Å². The van der Waals surface area contributed by atoms with E-state index in [1.807, 2.05) is 0 Å². The van der Waals surface area contributed by atoms with Gasteiger partial charge in [0.2, 0.25) is 0 Å². The van der Waals surface area contributed by atoms with Gasteiger partial charge in [-0.15, -0.1) is 0 Å². The van der Waals surface area contributed by atoms with Crippen LogP contribution in [0.2, 0.25) is 0 Å². The van der Waals surface area contributed by atoms with Crippen LogP contribution in [0.1, 0.15) is 37.7 Å². The number of nitrogens with one attached hydrogen (secondary N) is 2. The van der Waals surface area contributed by atoms with E-state index >= 15 is 0 Å². The zero-order valence-electron chi connectivity index (χ0n) is 16.0. The Morgan fingerprint density at radius 2 is 1.65 bits per heavy atom. The number of alkyl halides is 3. The molecule has 0 radical (unpaired) electrons. The molecule has 11 nitrogen and oxygen atoms in total. The second-order valence-electron chi connectivity index (χ2n) is 7.36. The molecule has 168 valence electrons. The summed E-state index contributed by atoms with van der Waals surface area (Å²) in [4.78, 5) is 45.8. The van der Waals surface area contributed by atoms with Gasteiger partial charge in [-0.3, -0.25) is 29.9 Å². The summed E-state index contributed by atoms with van der Waals surface area (Å²) >= 11 is 0. The van der Waals surface area contributed by atoms with Crippen LogP contribution in [0.5, 0.6) is 0 Å². The highest BCUT2D eigenvalue weighted by molar-refractivity contribution is 6.07. The van der Waals surface area contributed by atoms with Gasteiger partial charge in [-0.2, -0.15) is 13.2 Å². The Hall–Kier alpha value is -3.45. The van der Waals surface area contributed by atoms with Gasteiger partial charge < -0.3 is 10.6 Å². The Labute approximate surface area is 172 Å². The van der Waals surface area contributed by atoms with Crippen LogP contribution in [-0.2, 0) is 11.0 Å². The zero-order valence-corrected chi connectivity index (χ0v) is 16.0. The van der Waals surface area contributed by atoms with Crippen molar-refractivity contribution in [3.05, 3.63) is 37.9 Å². The van der Waals surface area contributed by atoms with Crippen LogP contribution in [-0.4, -0.2) is 45.3 Å². The van der Waals surface area contributed by atoms with Crippen molar-refractivity contribution in [2.75, 3.05) is 18.4 Å². The molecule has 1 saturated heterocycles. The van der Waals surface area contributed by atoms with Gasteiger partial charge in [-0.05, 0) is 19.3 Å². The number of urea groups is 1. The minimum atomic E-state index is -5.01. The molecule has 1 spiro atoms. The van der Waals surface area contributed by atoms with Gasteiger partial charge in [-0.1, -0.05) is 12.8 Å². The van der Waals surface area contributed by atoms with Crippen molar-refractivity contribution < 1.29 is 32.6 Å². The molecule has 0 bridgehead atoms. The molecule has 2 fully saturated rings. The number of hydrogen-bond donors (Lipinski definition) is 2. The van der Waals surface area contributed by atoms with E-state index in [0.29, 0.717) is 12.8 Å². The maximum Gasteiger partial charge on any atom is 0.416 e. The predicted molar refractivity (Wildman–Crippen MR) is 99.3 cm³/mol. The maximum absolute atomic E-state index is 12.9. The summed E-state index contributed by atoms with van der Waals surface area (Å²) in [5.74, 6) is -0.360. The van der Waals surface area contributed by atoms with Gasteiger partial charge in [0.05, 0.1) is 15.4 Å². The first-order chi connectivity index (χ1) is 14.5. The summed E-state index contributed by atoms with van der Waals surface area (Å²) in [6, 6.07) is -0.119. The summed E-state index contributed by atoms with van der Waals surface area (Å²) in [5.41, 5.74) is -5.27. The molecule has 1 aromatic carbocycles. The molecule has 1 aromatic rings. The molecule has 14 heteroatoms. The molecule has 0 aromatic heterocycles. The second kappa shape index (κ2) is 8.00. The number of halogens is 3. The van der Waals surface area contributed by atoms with Crippen LogP contribution in [0, 0.1) is 20.2 Å². The highest BCUT2D eigenvalue weighted by Crippen LogP contribution is 2.41. The van der Waals surface area contributed by atoms with E-state index in [2.05, 4.69) is 10.6 Å². The highest BCUT2D eigenvalue weighted by atomic mass is 19.4. The van der Waals surface area contributed by atoms with Crippen LogP contribution in [0.4, 0.5) is 35.0 Å². The van der Waals surface area contributed by atoms with Crippen molar-refractivity contribution in [2.45, 2.75) is 43.8 Å². The lowest BCUT2D eigenvalue weighted by Gasteiger charge is -2.20. The first-order valence-electron chi connectivity index (χ1n) is 9.38. The summed E-state index contributed by atoms with van der Waals surface area (Å²) in [6.07, 6.45) is -2.24. The zero-order chi connectivity index (χ0) is 23.0. The lowest BCUT2D eigenvalue weighted by atomic mass is 9.98. The third-order valence-electron chi connectivity index (χ3n) is 5.38. The molecule has 31 heavy (non-hydrogen) atoms. The van der Waals surface area contributed by atoms with E-state index in [4.69, 9.17) is 0 Å². The smallest absolute Gasteiger partial charge is 0.374 e. The van der Waals surface area contributed by atoms with Crippen LogP contribution in [0.15, 0.2) is 12.1 Å². The fourth-order valence-corrected chi connectivity index (χ4v) is 3.89. The number of imide groups is 1. The number of nitro groups is 2. The normalized spacial score (nSPS) is 17.8. The fraction of sp³-hybridized carbons (Fsp3) is 0.529. The van der Waals surface area contributed by atoms with Crippen LogP contribution >= 0.6 is 0 Å². The lowest BCUT2D eigenvalue weighted by molar-refractivity contribution is -0.392. The van der Waals surface area contributed by atoms with Crippen LogP contribution in [0.3, 0.4) is 0 Å². The lowest BCUT2D eigenvalue weighted by Crippen LogP contribution is -2.44. The Morgan fingerprint density at radius 3 is 2.13 bits per heavy atom. The number of benzene rings is 1. The monoisotopic (exact) mass is 445 g/mol. The third kappa shape index (κ3) is 4.22. The number of nitrogens with zero attached hydrogens (tertiary/aromatic N) is 3. The molecule has 3 rings (SSSR count). The molecular formula is C17H18F3N5O6. The minimum absolute atomic E-state index is 0.0539. The quantitative estimate of drug-likeness (QED) is 0.283. The molecule has 1 heterocycles. The van der Waals surface area contributed by atoms with Gasteiger partial charge >= 0.3 is 12.2 Å². The number of nitro benzene ring substituents is 2. The molecule has 1 saturated carbocycles. The predicted octanol–water partition coefficient (Wildman–Crippen LogP) is 3.19. The SMILES string of the molecule is O=C1NC2(CCCC2)C(=O)N1CCCNc1c([N+](=O)[O-])cc(C(F)(F)F)cc1[N+](=O)[O-]. The van der Waals surface area contributed by atoms with E-state index in [0.717, 1.165) is 17.7 Å². The average molecular weight is 445 g/mol. The van der Waals surface area contributed by atoms with Crippen LogP contribution < -0.4 is 10.6 Å². The van der Waals surface area contributed by atoms with Gasteiger partial charge in [0.1, 0.15) is 5.54 Å². The van der Waals surface area contributed by atoms with Gasteiger partial charge in [0.15, 0.2) is 5.69 Å². The maximum atomic E-state index is 12.9. The summed E-state index contributed by atoms with van der Waals surface area (Å²) < 4.78 is 38.8. The Kier molecular flexibility index (Phi) is 5.74. The number of rotatable bonds is 7. The molecule has 2 aliphatic rings. The van der Waals surface area contributed by atoms with Crippen molar-refractivity contribution in [1.82, 2.24) is 10.2 Å². The minimum Gasteiger partial charge on any atom is -0.374 e. The van der Waals surface area contributed by atoms with Crippen molar-refractivity contribution >= 4 is 29.0 Å². The molecule has 1 aliphatic carbocycles. The van der Waals surface area contributed by atoms with Crippen LogP contribution in [0.25, 0.3) is 0 Å². The Bertz CT molecular complexity index is 910. The van der Waals surface area contributed by atoms with E-state index in [-0.39, 0.29) is 37.6 Å². The van der Waals surface area contributed by atoms with Gasteiger partial charge in [-0.25, -0.2) is 4.79 Å². The third-order valence-corrected chi connectivity index (χ3v) is 5.38. The van der Waals surface area contributed by atoms with E-state index in [1.165, 1.54) is 0 Å². The second-order valence-corrected chi connectivity index (χ2v) is 7.36. The molecule has 1 aliphatic heterocycles. The largest absolute Gasteiger partial charge is 0.416 e. The molecule has 3 amide bonds. The summed E-state index contributed by atoms with van der Waals surface area (Å²) in [6.45, 7) is -0.210. The molecule has 0 atom stereocenters. The van der Waals surface area contributed by atoms with Crippen molar-refractivity contribution in [2.24, 2.45) is 0 Å². The molecule has 0 unspecified atom stereocenters. The summed E-state index contributed by atoms with van der Waals surface area (Å²) in [5, 5.41) is 27.5. The van der Waals surface area contributed by atoms with E-state index in [9.17, 15) is 43.0 Å². The van der Waals surface area contributed by atoms with Crippen molar-refractivity contribution in [1.29, 1.82) is 0 Å². The standard InChI is InChI=1S/C17H18F3N5O6/c18-17(19,20)10-8-11(24(28)29)13(12(9-10)25(30)31)21-6-3-7-23-14(26)16(22-15(23)27)4-1-2-5-16/h8-9,21H,1-7H2,(H,22,27). The first-order valence-corrected chi connectivity index (χ1v) is 9.38. The average Bonchev–Trinajstić information content (AvgIpc) is 3.23. The van der Waals surface area contributed by atoms with E-state index < -0.39 is 50.2 Å². The number of anilines is 1. The number of carbonyl (C=O) groups excluding carboxylic acids is 2. The topological polar surface area (TPSA) is 148 Å². The Morgan fingerprint density at radius 1 is 1.10 bits per heavy atom. The highest BCUT2D eigenvalue weighted by Gasteiger charge is 2.52.